The van der Waals surface area contributed by atoms with Crippen LogP contribution in [-0.4, -0.2) is 45.4 Å². The van der Waals surface area contributed by atoms with E-state index in [-0.39, 0.29) is 41.9 Å². The van der Waals surface area contributed by atoms with Gasteiger partial charge in [0.15, 0.2) is 0 Å². The fraction of sp³-hybridized carbons (Fsp3) is 0.379. The Labute approximate surface area is 238 Å². The van der Waals surface area contributed by atoms with E-state index in [0.717, 1.165) is 5.56 Å². The normalized spacial score (nSPS) is 14.9. The molecule has 0 aliphatic carbocycles. The molecule has 39 heavy (non-hydrogen) atoms. The first kappa shape index (κ1) is 28.6. The molecule has 1 aliphatic rings. The van der Waals surface area contributed by atoms with Gasteiger partial charge in [0.2, 0.25) is 5.95 Å². The van der Waals surface area contributed by atoms with Gasteiger partial charge in [0.1, 0.15) is 0 Å². The number of hydrogen-bond acceptors (Lipinski definition) is 5. The van der Waals surface area contributed by atoms with Gasteiger partial charge in [-0.25, -0.2) is 9.55 Å². The SMILES string of the molecule is CNC(=O)c1ccc(-n2c(NC(C)C)nc3c(c2=O)C[C@@H](C)N(C(=O)c2ccc(Cl)c(Cl)c2)C3)c(C(C)C)c1. The summed E-state index contributed by atoms with van der Waals surface area (Å²) in [6.07, 6.45) is 0.351. The number of nitrogens with one attached hydrogen (secondary N) is 2. The Balaban J connectivity index is 1.84. The summed E-state index contributed by atoms with van der Waals surface area (Å²) >= 11 is 12.2. The van der Waals surface area contributed by atoms with Crippen LogP contribution in [0.2, 0.25) is 10.0 Å². The van der Waals surface area contributed by atoms with Gasteiger partial charge < -0.3 is 15.5 Å². The number of amides is 2. The summed E-state index contributed by atoms with van der Waals surface area (Å²) in [5.74, 6) is 0.0286. The van der Waals surface area contributed by atoms with Crippen LogP contribution >= 0.6 is 23.2 Å². The number of rotatable bonds is 6. The molecule has 2 amide bonds. The quantitative estimate of drug-likeness (QED) is 0.412. The summed E-state index contributed by atoms with van der Waals surface area (Å²) in [6, 6.07) is 9.89. The zero-order valence-electron chi connectivity index (χ0n) is 22.9. The second-order valence-electron chi connectivity index (χ2n) is 10.4. The monoisotopic (exact) mass is 569 g/mol. The van der Waals surface area contributed by atoms with Gasteiger partial charge >= 0.3 is 0 Å². The van der Waals surface area contributed by atoms with Crippen LogP contribution in [0.3, 0.4) is 0 Å². The lowest BCUT2D eigenvalue weighted by Gasteiger charge is -2.35. The van der Waals surface area contributed by atoms with Gasteiger partial charge in [-0.3, -0.25) is 14.4 Å². The van der Waals surface area contributed by atoms with Crippen molar-refractivity contribution in [2.45, 2.75) is 65.6 Å². The van der Waals surface area contributed by atoms with Crippen LogP contribution in [0.25, 0.3) is 5.69 Å². The third-order valence-corrected chi connectivity index (χ3v) is 7.58. The summed E-state index contributed by atoms with van der Waals surface area (Å²) in [5.41, 5.74) is 3.40. The third-order valence-electron chi connectivity index (χ3n) is 6.84. The number of benzene rings is 2. The molecule has 1 atom stereocenters. The molecule has 2 aromatic carbocycles. The third kappa shape index (κ3) is 5.68. The molecule has 2 N–H and O–H groups in total. The van der Waals surface area contributed by atoms with Crippen molar-refractivity contribution < 1.29 is 9.59 Å². The van der Waals surface area contributed by atoms with Crippen LogP contribution in [0, 0.1) is 0 Å². The Kier molecular flexibility index (Phi) is 8.37. The van der Waals surface area contributed by atoms with Crippen LogP contribution in [-0.2, 0) is 13.0 Å². The van der Waals surface area contributed by atoms with E-state index >= 15 is 0 Å². The molecule has 10 heteroatoms. The van der Waals surface area contributed by atoms with E-state index in [1.165, 1.54) is 0 Å². The molecule has 0 saturated carbocycles. The summed E-state index contributed by atoms with van der Waals surface area (Å²) in [5, 5.41) is 6.65. The number of aromatic nitrogens is 2. The van der Waals surface area contributed by atoms with Gasteiger partial charge in [-0.1, -0.05) is 37.0 Å². The van der Waals surface area contributed by atoms with Gasteiger partial charge in [0.25, 0.3) is 17.4 Å². The van der Waals surface area contributed by atoms with Crippen molar-refractivity contribution in [3.05, 3.63) is 84.7 Å². The minimum Gasteiger partial charge on any atom is -0.355 e. The first-order chi connectivity index (χ1) is 18.4. The van der Waals surface area contributed by atoms with Crippen LogP contribution in [0.15, 0.2) is 41.2 Å². The van der Waals surface area contributed by atoms with Crippen LogP contribution in [0.4, 0.5) is 5.95 Å². The Bertz CT molecular complexity index is 1500. The van der Waals surface area contributed by atoms with E-state index in [1.54, 1.807) is 46.8 Å². The molecule has 2 heterocycles. The molecule has 0 bridgehead atoms. The zero-order chi connectivity index (χ0) is 28.6. The maximum absolute atomic E-state index is 14.1. The van der Waals surface area contributed by atoms with Gasteiger partial charge in [-0.2, -0.15) is 0 Å². The molecule has 206 valence electrons. The topological polar surface area (TPSA) is 96.3 Å². The van der Waals surface area contributed by atoms with Crippen molar-refractivity contribution in [2.24, 2.45) is 0 Å². The molecular formula is C29H33Cl2N5O3. The number of anilines is 1. The molecule has 1 aromatic heterocycles. The highest BCUT2D eigenvalue weighted by Gasteiger charge is 2.32. The second kappa shape index (κ2) is 11.4. The average Bonchev–Trinajstić information content (AvgIpc) is 2.89. The van der Waals surface area contributed by atoms with Crippen LogP contribution < -0.4 is 16.2 Å². The van der Waals surface area contributed by atoms with E-state index in [2.05, 4.69) is 10.6 Å². The predicted molar refractivity (Wildman–Crippen MR) is 156 cm³/mol. The van der Waals surface area contributed by atoms with E-state index in [1.807, 2.05) is 40.7 Å². The van der Waals surface area contributed by atoms with Crippen molar-refractivity contribution in [1.82, 2.24) is 19.8 Å². The van der Waals surface area contributed by atoms with E-state index in [4.69, 9.17) is 28.2 Å². The standard InChI is InChI=1S/C29H33Cl2N5O3/c1-15(2)20-12-18(26(37)32-6)8-10-25(20)36-28(39)21-11-17(5)35(14-24(21)34-29(36)33-16(3)4)27(38)19-7-9-22(30)23(31)13-19/h7-10,12-13,15-17H,11,14H2,1-6H3,(H,32,37)(H,33,34)/t17-/m1/s1. The van der Waals surface area contributed by atoms with Crippen molar-refractivity contribution in [1.29, 1.82) is 0 Å². The Hall–Kier alpha value is -3.36. The van der Waals surface area contributed by atoms with Gasteiger partial charge in [0.05, 0.1) is 28.0 Å². The maximum Gasteiger partial charge on any atom is 0.263 e. The van der Waals surface area contributed by atoms with E-state index < -0.39 is 0 Å². The lowest BCUT2D eigenvalue weighted by molar-refractivity contribution is 0.0653. The molecule has 0 unspecified atom stereocenters. The summed E-state index contributed by atoms with van der Waals surface area (Å²) < 4.78 is 1.60. The highest BCUT2D eigenvalue weighted by Crippen LogP contribution is 2.30. The summed E-state index contributed by atoms with van der Waals surface area (Å²) in [4.78, 5) is 46.4. The van der Waals surface area contributed by atoms with Crippen molar-refractivity contribution in [3.8, 4) is 5.69 Å². The van der Waals surface area contributed by atoms with Crippen molar-refractivity contribution in [3.63, 3.8) is 0 Å². The molecule has 0 saturated heterocycles. The lowest BCUT2D eigenvalue weighted by Crippen LogP contribution is -2.46. The fourth-order valence-electron chi connectivity index (χ4n) is 4.81. The van der Waals surface area contributed by atoms with Crippen LogP contribution in [0.5, 0.6) is 0 Å². The number of carbonyl (C=O) groups excluding carboxylic acids is 2. The number of carbonyl (C=O) groups is 2. The largest absolute Gasteiger partial charge is 0.355 e. The Morgan fingerprint density at radius 3 is 2.33 bits per heavy atom. The average molecular weight is 571 g/mol. The van der Waals surface area contributed by atoms with Gasteiger partial charge in [0, 0.05) is 35.8 Å². The fourth-order valence-corrected chi connectivity index (χ4v) is 5.11. The van der Waals surface area contributed by atoms with Crippen molar-refractivity contribution >= 4 is 41.0 Å². The molecular weight excluding hydrogens is 537 g/mol. The molecule has 0 radical (unpaired) electrons. The minimum atomic E-state index is -0.244. The van der Waals surface area contributed by atoms with Gasteiger partial charge in [-0.05, 0) is 75.1 Å². The summed E-state index contributed by atoms with van der Waals surface area (Å²) in [7, 11) is 1.59. The predicted octanol–water partition coefficient (Wildman–Crippen LogP) is 5.43. The Morgan fingerprint density at radius 1 is 1.03 bits per heavy atom. The second-order valence-corrected chi connectivity index (χ2v) is 11.2. The molecule has 8 nitrogen and oxygen atoms in total. The van der Waals surface area contributed by atoms with Crippen LogP contribution in [0.1, 0.15) is 78.1 Å². The van der Waals surface area contributed by atoms with Crippen molar-refractivity contribution in [2.75, 3.05) is 12.4 Å². The summed E-state index contributed by atoms with van der Waals surface area (Å²) in [6.45, 7) is 10.1. The number of halogens is 2. The highest BCUT2D eigenvalue weighted by atomic mass is 35.5. The highest BCUT2D eigenvalue weighted by molar-refractivity contribution is 6.42. The maximum atomic E-state index is 14.1. The van der Waals surface area contributed by atoms with Gasteiger partial charge in [-0.15, -0.1) is 0 Å². The number of fused-ring (bicyclic) bond motifs is 1. The Morgan fingerprint density at radius 2 is 1.72 bits per heavy atom. The first-order valence-electron chi connectivity index (χ1n) is 13.0. The smallest absolute Gasteiger partial charge is 0.263 e. The number of nitrogens with zero attached hydrogens (tertiary/aromatic N) is 3. The molecule has 1 aliphatic heterocycles. The molecule has 3 aromatic rings. The molecule has 4 rings (SSSR count). The van der Waals surface area contributed by atoms with E-state index in [0.29, 0.717) is 50.5 Å². The minimum absolute atomic E-state index is 0.00898. The number of hydrogen-bond donors (Lipinski definition) is 2. The lowest BCUT2D eigenvalue weighted by atomic mass is 9.96. The molecule has 0 spiro atoms. The zero-order valence-corrected chi connectivity index (χ0v) is 24.4. The van der Waals surface area contributed by atoms with E-state index in [9.17, 15) is 14.4 Å². The first-order valence-corrected chi connectivity index (χ1v) is 13.7. The molecule has 0 fully saturated rings.